The molecule has 0 aliphatic carbocycles. The van der Waals surface area contributed by atoms with Gasteiger partial charge >= 0.3 is 6.09 Å². The lowest BCUT2D eigenvalue weighted by Gasteiger charge is -2.39. The molecule has 168 valence electrons. The molecule has 1 fully saturated rings. The largest absolute Gasteiger partial charge is 0.444 e. The third-order valence-electron chi connectivity index (χ3n) is 5.35. The molecule has 32 heavy (non-hydrogen) atoms. The van der Waals surface area contributed by atoms with Crippen molar-refractivity contribution in [3.63, 3.8) is 0 Å². The van der Waals surface area contributed by atoms with E-state index in [1.165, 1.54) is 15.9 Å². The first-order valence-electron chi connectivity index (χ1n) is 10.2. The molecule has 7 nitrogen and oxygen atoms in total. The van der Waals surface area contributed by atoms with Crippen molar-refractivity contribution in [3.05, 3.63) is 52.8 Å². The third kappa shape index (κ3) is 4.27. The molecular weight excluding hydrogens is 437 g/mol. The quantitative estimate of drug-likeness (QED) is 0.694. The minimum absolute atomic E-state index is 0.0269. The fourth-order valence-corrected chi connectivity index (χ4v) is 3.99. The Bertz CT molecular complexity index is 1110. The third-order valence-corrected chi connectivity index (χ3v) is 5.58. The highest BCUT2D eigenvalue weighted by Crippen LogP contribution is 2.32. The van der Waals surface area contributed by atoms with Crippen molar-refractivity contribution in [2.75, 3.05) is 25.0 Å². The molecule has 1 N–H and O–H groups in total. The van der Waals surface area contributed by atoms with Crippen LogP contribution in [-0.4, -0.2) is 59.0 Å². The van der Waals surface area contributed by atoms with Crippen molar-refractivity contribution >= 4 is 35.2 Å². The molecule has 2 heterocycles. The van der Waals surface area contributed by atoms with Crippen LogP contribution in [0.3, 0.4) is 0 Å². The van der Waals surface area contributed by atoms with Crippen molar-refractivity contribution < 1.29 is 23.5 Å². The second-order valence-electron chi connectivity index (χ2n) is 8.81. The monoisotopic (exact) mass is 459 g/mol. The summed E-state index contributed by atoms with van der Waals surface area (Å²) in [5.41, 5.74) is 0.729. The zero-order valence-electron chi connectivity index (χ0n) is 17.9. The highest BCUT2D eigenvalue weighted by atomic mass is 35.5. The number of ether oxygens (including phenoxy) is 1. The van der Waals surface area contributed by atoms with Gasteiger partial charge in [0.15, 0.2) is 0 Å². The van der Waals surface area contributed by atoms with Crippen LogP contribution in [0.4, 0.5) is 14.9 Å². The maximum absolute atomic E-state index is 14.4. The lowest BCUT2D eigenvalue weighted by molar-refractivity contribution is -0.122. The van der Waals surface area contributed by atoms with Gasteiger partial charge in [0.05, 0.1) is 17.8 Å². The van der Waals surface area contributed by atoms with Gasteiger partial charge in [-0.25, -0.2) is 9.18 Å². The Kier molecular flexibility index (Phi) is 5.58. The van der Waals surface area contributed by atoms with Gasteiger partial charge in [0.2, 0.25) is 5.91 Å². The lowest BCUT2D eigenvalue weighted by atomic mass is 10.0. The van der Waals surface area contributed by atoms with Crippen LogP contribution in [0.1, 0.15) is 31.1 Å². The van der Waals surface area contributed by atoms with E-state index in [1.807, 2.05) is 0 Å². The van der Waals surface area contributed by atoms with Gasteiger partial charge in [-0.3, -0.25) is 9.59 Å². The molecule has 0 bridgehead atoms. The number of amides is 3. The maximum atomic E-state index is 14.4. The van der Waals surface area contributed by atoms with Crippen LogP contribution >= 0.6 is 11.6 Å². The highest BCUT2D eigenvalue weighted by molar-refractivity contribution is 6.30. The van der Waals surface area contributed by atoms with E-state index in [9.17, 15) is 18.8 Å². The summed E-state index contributed by atoms with van der Waals surface area (Å²) in [5.74, 6) is -1.26. The second-order valence-corrected chi connectivity index (χ2v) is 9.25. The number of hydrogen-bond acceptors (Lipinski definition) is 4. The van der Waals surface area contributed by atoms with Crippen molar-refractivity contribution in [3.8, 4) is 11.1 Å². The predicted molar refractivity (Wildman–Crippen MR) is 118 cm³/mol. The first kappa shape index (κ1) is 22.1. The summed E-state index contributed by atoms with van der Waals surface area (Å²) in [6.07, 6.45) is -0.528. The van der Waals surface area contributed by atoms with E-state index < -0.39 is 29.5 Å². The topological polar surface area (TPSA) is 79.0 Å². The van der Waals surface area contributed by atoms with Gasteiger partial charge in [-0.1, -0.05) is 17.7 Å². The molecule has 1 saturated heterocycles. The number of hydrogen-bond donors (Lipinski definition) is 1. The number of benzene rings is 2. The molecule has 0 radical (unpaired) electrons. The molecule has 3 amide bonds. The summed E-state index contributed by atoms with van der Waals surface area (Å²) in [4.78, 5) is 41.6. The number of carbonyl (C=O) groups is 3. The minimum Gasteiger partial charge on any atom is -0.444 e. The van der Waals surface area contributed by atoms with E-state index in [0.29, 0.717) is 16.8 Å². The molecule has 0 unspecified atom stereocenters. The number of halogens is 2. The van der Waals surface area contributed by atoms with E-state index in [1.54, 1.807) is 51.1 Å². The standard InChI is InChI=1S/C23H23ClFN3O4/c1-23(2,3)32-22(31)27-8-9-28-19(12-27)20(29)26-18-7-4-13(10-16(18)21(28)30)15-6-5-14(24)11-17(15)25/h4-7,10-11,19H,8-9,12H2,1-3H3,(H,26,29)/t19-/m1/s1. The van der Waals surface area contributed by atoms with E-state index in [2.05, 4.69) is 5.32 Å². The average molecular weight is 460 g/mol. The number of nitrogens with zero attached hydrogens (tertiary/aromatic N) is 2. The van der Waals surface area contributed by atoms with Crippen LogP contribution in [0, 0.1) is 5.82 Å². The van der Waals surface area contributed by atoms with E-state index in [-0.39, 0.29) is 36.1 Å². The van der Waals surface area contributed by atoms with Gasteiger partial charge in [0.25, 0.3) is 5.91 Å². The molecule has 1 atom stereocenters. The van der Waals surface area contributed by atoms with E-state index >= 15 is 0 Å². The molecule has 2 aliphatic heterocycles. The summed E-state index contributed by atoms with van der Waals surface area (Å²) in [6, 6.07) is 8.24. The summed E-state index contributed by atoms with van der Waals surface area (Å²) in [6.45, 7) is 5.74. The fraction of sp³-hybridized carbons (Fsp3) is 0.348. The Morgan fingerprint density at radius 3 is 2.56 bits per heavy atom. The summed E-state index contributed by atoms with van der Waals surface area (Å²) >= 11 is 5.84. The number of fused-ring (bicyclic) bond motifs is 2. The Morgan fingerprint density at radius 1 is 1.12 bits per heavy atom. The molecule has 2 aromatic rings. The van der Waals surface area contributed by atoms with Gasteiger partial charge in [-0.05, 0) is 56.7 Å². The molecule has 0 aromatic heterocycles. The van der Waals surface area contributed by atoms with Crippen LogP contribution in [0.15, 0.2) is 36.4 Å². The molecule has 9 heteroatoms. The minimum atomic E-state index is -0.855. The van der Waals surface area contributed by atoms with Crippen molar-refractivity contribution in [1.29, 1.82) is 0 Å². The number of anilines is 1. The fourth-order valence-electron chi connectivity index (χ4n) is 3.83. The first-order valence-corrected chi connectivity index (χ1v) is 10.6. The van der Waals surface area contributed by atoms with Crippen LogP contribution < -0.4 is 5.32 Å². The Balaban J connectivity index is 1.62. The summed E-state index contributed by atoms with van der Waals surface area (Å²) in [5, 5.41) is 3.04. The molecule has 0 saturated carbocycles. The molecule has 0 spiro atoms. The molecular formula is C23H23ClFN3O4. The van der Waals surface area contributed by atoms with E-state index in [0.717, 1.165) is 0 Å². The maximum Gasteiger partial charge on any atom is 0.410 e. The normalized spacial score (nSPS) is 18.5. The summed E-state index contributed by atoms with van der Waals surface area (Å²) in [7, 11) is 0. The van der Waals surface area contributed by atoms with Gasteiger partial charge in [0, 0.05) is 23.7 Å². The molecule has 4 rings (SSSR count). The van der Waals surface area contributed by atoms with Crippen LogP contribution in [-0.2, 0) is 9.53 Å². The lowest BCUT2D eigenvalue weighted by Crippen LogP contribution is -2.60. The van der Waals surface area contributed by atoms with Crippen molar-refractivity contribution in [2.24, 2.45) is 0 Å². The van der Waals surface area contributed by atoms with Gasteiger partial charge < -0.3 is 19.9 Å². The highest BCUT2D eigenvalue weighted by Gasteiger charge is 2.41. The zero-order chi connectivity index (χ0) is 23.2. The Morgan fingerprint density at radius 2 is 1.88 bits per heavy atom. The SMILES string of the molecule is CC(C)(C)OC(=O)N1CCN2C(=O)c3cc(-c4ccc(Cl)cc4F)ccc3NC(=O)[C@H]2C1. The Labute approximate surface area is 190 Å². The number of carbonyl (C=O) groups excluding carboxylic acids is 3. The number of nitrogens with one attached hydrogen (secondary N) is 1. The van der Waals surface area contributed by atoms with Gasteiger partial charge in [0.1, 0.15) is 17.5 Å². The molecule has 2 aromatic carbocycles. The smallest absolute Gasteiger partial charge is 0.410 e. The van der Waals surface area contributed by atoms with Crippen molar-refractivity contribution in [2.45, 2.75) is 32.4 Å². The second kappa shape index (κ2) is 8.09. The van der Waals surface area contributed by atoms with Crippen LogP contribution in [0.2, 0.25) is 5.02 Å². The molecule has 2 aliphatic rings. The predicted octanol–water partition coefficient (Wildman–Crippen LogP) is 4.16. The van der Waals surface area contributed by atoms with Gasteiger partial charge in [-0.2, -0.15) is 0 Å². The zero-order valence-corrected chi connectivity index (χ0v) is 18.7. The summed E-state index contributed by atoms with van der Waals surface area (Å²) < 4.78 is 19.8. The van der Waals surface area contributed by atoms with Crippen LogP contribution in [0.25, 0.3) is 11.1 Å². The Hall–Kier alpha value is -3.13. The number of rotatable bonds is 1. The first-order chi connectivity index (χ1) is 15.0. The van der Waals surface area contributed by atoms with Crippen molar-refractivity contribution in [1.82, 2.24) is 9.80 Å². The van der Waals surface area contributed by atoms with Crippen LogP contribution in [0.5, 0.6) is 0 Å². The number of piperazine rings is 1. The van der Waals surface area contributed by atoms with Gasteiger partial charge in [-0.15, -0.1) is 0 Å². The average Bonchev–Trinajstić information content (AvgIpc) is 2.81. The van der Waals surface area contributed by atoms with E-state index in [4.69, 9.17) is 16.3 Å².